The molecule has 0 radical (unpaired) electrons. The van der Waals surface area contributed by atoms with Crippen molar-refractivity contribution in [3.8, 4) is 16.3 Å². The predicted molar refractivity (Wildman–Crippen MR) is 165 cm³/mol. The average molecular weight is 612 g/mol. The number of hydrogen-bond acceptors (Lipinski definition) is 9. The molecule has 1 aliphatic rings. The van der Waals surface area contributed by atoms with Crippen LogP contribution >= 0.6 is 22.7 Å². The minimum atomic E-state index is -0.958. The molecule has 0 aliphatic carbocycles. The number of nitrogens with zero attached hydrogens (tertiary/aromatic N) is 5. The Labute approximate surface area is 253 Å². The molecule has 12 heteroatoms. The van der Waals surface area contributed by atoms with Crippen LogP contribution in [-0.2, 0) is 9.53 Å². The van der Waals surface area contributed by atoms with Crippen LogP contribution in [-0.4, -0.2) is 31.8 Å². The molecule has 0 spiro atoms. The molecule has 6 rings (SSSR count). The highest BCUT2D eigenvalue weighted by molar-refractivity contribution is 7.13. The van der Waals surface area contributed by atoms with Gasteiger partial charge in [0, 0.05) is 23.4 Å². The number of aromatic nitrogens is 3. The molecule has 1 atom stereocenters. The van der Waals surface area contributed by atoms with Crippen LogP contribution in [0.4, 0.5) is 5.69 Å². The highest BCUT2D eigenvalue weighted by atomic mass is 32.1. The van der Waals surface area contributed by atoms with Crippen LogP contribution in [0.1, 0.15) is 36.6 Å². The van der Waals surface area contributed by atoms with Gasteiger partial charge in [-0.3, -0.25) is 19.5 Å². The third kappa shape index (κ3) is 5.15. The van der Waals surface area contributed by atoms with Crippen molar-refractivity contribution in [3.63, 3.8) is 0 Å². The Bertz CT molecular complexity index is 2090. The van der Waals surface area contributed by atoms with Crippen LogP contribution in [0.5, 0.6) is 0 Å². The Kier molecular flexibility index (Phi) is 7.46. The summed E-state index contributed by atoms with van der Waals surface area (Å²) in [4.78, 5) is 44.6. The maximum absolute atomic E-state index is 14.1. The van der Waals surface area contributed by atoms with E-state index in [1.165, 1.54) is 22.0 Å². The van der Waals surface area contributed by atoms with Crippen LogP contribution in [0, 0.1) is 17.0 Å². The maximum Gasteiger partial charge on any atom is 0.338 e. The van der Waals surface area contributed by atoms with Crippen molar-refractivity contribution in [1.82, 2.24) is 14.3 Å². The number of rotatable bonds is 7. The number of allylic oxidation sites excluding steroid dienone is 1. The molecule has 43 heavy (non-hydrogen) atoms. The van der Waals surface area contributed by atoms with E-state index in [2.05, 4.69) is 4.99 Å². The minimum Gasteiger partial charge on any atom is -0.463 e. The smallest absolute Gasteiger partial charge is 0.338 e. The molecule has 4 heterocycles. The maximum atomic E-state index is 14.1. The van der Waals surface area contributed by atoms with E-state index in [-0.39, 0.29) is 23.4 Å². The summed E-state index contributed by atoms with van der Waals surface area (Å²) >= 11 is 2.73. The number of ether oxygens (including phenoxy) is 1. The van der Waals surface area contributed by atoms with Gasteiger partial charge in [-0.15, -0.1) is 11.3 Å². The van der Waals surface area contributed by atoms with Crippen LogP contribution < -0.4 is 14.9 Å². The number of thiazole rings is 1. The first-order valence-corrected chi connectivity index (χ1v) is 15.1. The van der Waals surface area contributed by atoms with Gasteiger partial charge in [-0.05, 0) is 56.0 Å². The number of nitro benzene ring substituents is 1. The second-order valence-corrected chi connectivity index (χ2v) is 11.8. The largest absolute Gasteiger partial charge is 0.463 e. The number of carbonyl (C=O) groups excluding carboxylic acids is 1. The van der Waals surface area contributed by atoms with Crippen molar-refractivity contribution in [2.75, 3.05) is 6.61 Å². The summed E-state index contributed by atoms with van der Waals surface area (Å²) in [5.41, 5.74) is 3.28. The summed E-state index contributed by atoms with van der Waals surface area (Å²) in [5, 5.41) is 18.6. The van der Waals surface area contributed by atoms with Crippen molar-refractivity contribution in [1.29, 1.82) is 0 Å². The van der Waals surface area contributed by atoms with Crippen molar-refractivity contribution in [3.05, 3.63) is 130 Å². The van der Waals surface area contributed by atoms with E-state index in [1.54, 1.807) is 55.0 Å². The van der Waals surface area contributed by atoms with Crippen LogP contribution in [0.3, 0.4) is 0 Å². The SMILES string of the molecule is CCOC(=O)C1=C(C)N=c2s/c(=C/c3cn(-c4ccccc4)nc3-c3cccs3)c(=O)n2[C@H]1c1ccc(C)c([N+](=O)[O-])c1. The van der Waals surface area contributed by atoms with Crippen molar-refractivity contribution in [2.45, 2.75) is 26.8 Å². The Hall–Kier alpha value is -4.94. The molecule has 1 aliphatic heterocycles. The lowest BCUT2D eigenvalue weighted by Gasteiger charge is -2.24. The molecular formula is C31H25N5O5S2. The highest BCUT2D eigenvalue weighted by Crippen LogP contribution is 2.34. The Balaban J connectivity index is 1.57. The van der Waals surface area contributed by atoms with E-state index < -0.39 is 16.9 Å². The van der Waals surface area contributed by atoms with Gasteiger partial charge in [-0.25, -0.2) is 14.5 Å². The lowest BCUT2D eigenvalue weighted by molar-refractivity contribution is -0.385. The summed E-state index contributed by atoms with van der Waals surface area (Å²) in [7, 11) is 0. The van der Waals surface area contributed by atoms with Gasteiger partial charge in [0.1, 0.15) is 5.69 Å². The Morgan fingerprint density at radius 1 is 1.14 bits per heavy atom. The van der Waals surface area contributed by atoms with Gasteiger partial charge < -0.3 is 4.74 Å². The predicted octanol–water partition coefficient (Wildman–Crippen LogP) is 4.93. The van der Waals surface area contributed by atoms with Gasteiger partial charge in [0.15, 0.2) is 4.80 Å². The zero-order valence-corrected chi connectivity index (χ0v) is 25.0. The summed E-state index contributed by atoms with van der Waals surface area (Å²) in [6.45, 7) is 5.13. The van der Waals surface area contributed by atoms with E-state index in [9.17, 15) is 19.7 Å². The molecule has 0 N–H and O–H groups in total. The fourth-order valence-corrected chi connectivity index (χ4v) is 6.82. The number of esters is 1. The first-order valence-electron chi connectivity index (χ1n) is 13.4. The lowest BCUT2D eigenvalue weighted by atomic mass is 9.94. The summed E-state index contributed by atoms with van der Waals surface area (Å²) < 4.78 is 8.93. The highest BCUT2D eigenvalue weighted by Gasteiger charge is 2.34. The third-order valence-corrected chi connectivity index (χ3v) is 8.93. The molecule has 0 amide bonds. The fraction of sp³-hybridized carbons (Fsp3) is 0.161. The molecule has 0 fully saturated rings. The molecule has 2 aromatic carbocycles. The number of thiophene rings is 1. The van der Waals surface area contributed by atoms with Crippen LogP contribution in [0.25, 0.3) is 22.3 Å². The standard InChI is InChI=1S/C31H25N5O5S2/c1-4-41-30(38)26-19(3)32-31-35(28(26)20-13-12-18(2)23(15-20)36(39)40)29(37)25(43-31)16-21-17-34(22-9-6-5-7-10-22)33-27(21)24-11-8-14-42-24/h5-17,28H,4H2,1-3H3/b25-16+/t28-/m0/s1. The number of aryl methyl sites for hydroxylation is 1. The summed E-state index contributed by atoms with van der Waals surface area (Å²) in [6.07, 6.45) is 3.65. The van der Waals surface area contributed by atoms with Gasteiger partial charge in [-0.2, -0.15) is 5.10 Å². The van der Waals surface area contributed by atoms with Crippen molar-refractivity contribution < 1.29 is 14.5 Å². The first-order chi connectivity index (χ1) is 20.8. The molecule has 0 unspecified atom stereocenters. The molecule has 0 bridgehead atoms. The third-order valence-electron chi connectivity index (χ3n) is 7.07. The van der Waals surface area contributed by atoms with E-state index in [0.29, 0.717) is 26.2 Å². The number of carbonyl (C=O) groups is 1. The van der Waals surface area contributed by atoms with Gasteiger partial charge in [0.2, 0.25) is 0 Å². The molecule has 0 saturated carbocycles. The number of hydrogen-bond donors (Lipinski definition) is 0. The monoisotopic (exact) mass is 611 g/mol. The zero-order valence-electron chi connectivity index (χ0n) is 23.4. The average Bonchev–Trinajstić information content (AvgIpc) is 3.73. The summed E-state index contributed by atoms with van der Waals surface area (Å²) in [6, 6.07) is 17.4. The molecule has 3 aromatic heterocycles. The Morgan fingerprint density at radius 2 is 1.93 bits per heavy atom. The second-order valence-electron chi connectivity index (χ2n) is 9.80. The normalized spacial score (nSPS) is 14.9. The molecule has 216 valence electrons. The quantitative estimate of drug-likeness (QED) is 0.146. The molecular weight excluding hydrogens is 587 g/mol. The molecule has 10 nitrogen and oxygen atoms in total. The number of fused-ring (bicyclic) bond motifs is 1. The fourth-order valence-electron chi connectivity index (χ4n) is 5.05. The van der Waals surface area contributed by atoms with E-state index in [1.807, 2.05) is 54.0 Å². The van der Waals surface area contributed by atoms with E-state index in [0.717, 1.165) is 21.8 Å². The topological polar surface area (TPSA) is 122 Å². The van der Waals surface area contributed by atoms with E-state index >= 15 is 0 Å². The van der Waals surface area contributed by atoms with Crippen LogP contribution in [0.15, 0.2) is 93.3 Å². The number of nitro groups is 1. The van der Waals surface area contributed by atoms with E-state index in [4.69, 9.17) is 9.84 Å². The van der Waals surface area contributed by atoms with Gasteiger partial charge in [0.05, 0.1) is 43.9 Å². The number of benzene rings is 2. The number of para-hydroxylation sites is 1. The van der Waals surface area contributed by atoms with Gasteiger partial charge in [-0.1, -0.05) is 47.7 Å². The molecule has 5 aromatic rings. The minimum absolute atomic E-state index is 0.105. The lowest BCUT2D eigenvalue weighted by Crippen LogP contribution is -2.40. The van der Waals surface area contributed by atoms with Crippen molar-refractivity contribution in [2.24, 2.45) is 4.99 Å². The Morgan fingerprint density at radius 3 is 2.63 bits per heavy atom. The zero-order chi connectivity index (χ0) is 30.2. The summed E-state index contributed by atoms with van der Waals surface area (Å²) in [5.74, 6) is -0.629. The van der Waals surface area contributed by atoms with Gasteiger partial charge in [0.25, 0.3) is 11.2 Å². The molecule has 0 saturated heterocycles. The first kappa shape index (κ1) is 28.2. The second kappa shape index (κ2) is 11.4. The van der Waals surface area contributed by atoms with Crippen LogP contribution in [0.2, 0.25) is 0 Å². The van der Waals surface area contributed by atoms with Crippen molar-refractivity contribution >= 4 is 40.4 Å². The van der Waals surface area contributed by atoms with Gasteiger partial charge >= 0.3 is 5.97 Å².